The van der Waals surface area contributed by atoms with E-state index in [2.05, 4.69) is 18.7 Å². The lowest BCUT2D eigenvalue weighted by atomic mass is 9.85. The molecule has 2 aliphatic rings. The molecule has 0 saturated carbocycles. The predicted octanol–water partition coefficient (Wildman–Crippen LogP) is 2.85. The summed E-state index contributed by atoms with van der Waals surface area (Å²) in [5.74, 6) is 1.67. The normalized spacial score (nSPS) is 29.8. The minimum Gasteiger partial charge on any atom is -0.302 e. The molecule has 2 fully saturated rings. The fraction of sp³-hybridized carbons (Fsp3) is 0.647. The highest BCUT2D eigenvalue weighted by atomic mass is 32.2. The molecule has 21 heavy (non-hydrogen) atoms. The third kappa shape index (κ3) is 3.37. The molecule has 2 saturated heterocycles. The van der Waals surface area contributed by atoms with Crippen molar-refractivity contribution in [2.24, 2.45) is 10.8 Å². The van der Waals surface area contributed by atoms with E-state index in [1.165, 1.54) is 6.42 Å². The molecule has 0 aliphatic carbocycles. The minimum atomic E-state index is -0.570. The van der Waals surface area contributed by atoms with Gasteiger partial charge in [-0.05, 0) is 36.4 Å². The Bertz CT molecular complexity index is 549. The Morgan fingerprint density at radius 2 is 2.05 bits per heavy atom. The van der Waals surface area contributed by atoms with Crippen LogP contribution in [0, 0.1) is 16.6 Å². The first-order valence-electron chi connectivity index (χ1n) is 7.68. The highest BCUT2D eigenvalue weighted by molar-refractivity contribution is 7.86. The highest BCUT2D eigenvalue weighted by Crippen LogP contribution is 2.40. The van der Waals surface area contributed by atoms with Crippen LogP contribution in [0.5, 0.6) is 0 Å². The van der Waals surface area contributed by atoms with Crippen LogP contribution in [0.2, 0.25) is 0 Å². The quantitative estimate of drug-likeness (QED) is 0.852. The molecule has 1 spiro atoms. The summed E-state index contributed by atoms with van der Waals surface area (Å²) in [7, 11) is -0.570. The molecule has 0 atom stereocenters. The number of halogens is 1. The van der Waals surface area contributed by atoms with Gasteiger partial charge in [-0.25, -0.2) is 4.39 Å². The van der Waals surface area contributed by atoms with Crippen molar-refractivity contribution in [3.8, 4) is 0 Å². The molecule has 0 amide bonds. The molecule has 1 aromatic rings. The molecule has 0 aromatic heterocycles. The van der Waals surface area contributed by atoms with E-state index in [-0.39, 0.29) is 11.2 Å². The summed E-state index contributed by atoms with van der Waals surface area (Å²) in [6.07, 6.45) is 1.93. The molecule has 4 heteroatoms. The Hall–Kier alpha value is -0.740. The first-order valence-corrected chi connectivity index (χ1v) is 9.17. The summed E-state index contributed by atoms with van der Waals surface area (Å²) in [5.41, 5.74) is 1.19. The monoisotopic (exact) mass is 309 g/mol. The maximum Gasteiger partial charge on any atom is 0.126 e. The zero-order valence-corrected chi connectivity index (χ0v) is 13.7. The van der Waals surface area contributed by atoms with E-state index in [4.69, 9.17) is 0 Å². The third-order valence-electron chi connectivity index (χ3n) is 4.73. The third-order valence-corrected chi connectivity index (χ3v) is 6.60. The van der Waals surface area contributed by atoms with Crippen LogP contribution in [-0.4, -0.2) is 40.2 Å². The molecular formula is C17H24FNOS. The summed E-state index contributed by atoms with van der Waals surface area (Å²) >= 11 is 0. The van der Waals surface area contributed by atoms with Gasteiger partial charge in [-0.2, -0.15) is 0 Å². The van der Waals surface area contributed by atoms with Crippen molar-refractivity contribution >= 4 is 10.8 Å². The van der Waals surface area contributed by atoms with Gasteiger partial charge in [-0.3, -0.25) is 4.21 Å². The lowest BCUT2D eigenvalue weighted by Crippen LogP contribution is -2.47. The summed E-state index contributed by atoms with van der Waals surface area (Å²) in [6.45, 7) is 7.57. The van der Waals surface area contributed by atoms with Crippen LogP contribution in [0.1, 0.15) is 25.8 Å². The second kappa shape index (κ2) is 5.47. The van der Waals surface area contributed by atoms with Crippen LogP contribution in [-0.2, 0) is 17.2 Å². The number of benzene rings is 1. The Balaban J connectivity index is 1.59. The molecule has 0 N–H and O–H groups in total. The largest absolute Gasteiger partial charge is 0.302 e. The number of rotatable bonds is 4. The van der Waals surface area contributed by atoms with E-state index in [1.807, 2.05) is 12.1 Å². The van der Waals surface area contributed by atoms with Gasteiger partial charge in [-0.15, -0.1) is 0 Å². The van der Waals surface area contributed by atoms with Crippen molar-refractivity contribution in [1.82, 2.24) is 4.90 Å². The summed E-state index contributed by atoms with van der Waals surface area (Å²) in [6, 6.07) is 7.08. The molecule has 3 rings (SSSR count). The zero-order chi connectivity index (χ0) is 15.1. The van der Waals surface area contributed by atoms with Crippen molar-refractivity contribution in [3.05, 3.63) is 35.6 Å². The van der Waals surface area contributed by atoms with Crippen molar-refractivity contribution in [1.29, 1.82) is 0 Å². The maximum atomic E-state index is 13.8. The SMILES string of the molecule is CC(C)(Cc1ccccc1F)CN1CCC2(C1)CS(=O)C2. The molecule has 1 aromatic carbocycles. The standard InChI is InChI=1S/C17H24FNOS/c1-16(2,9-14-5-3-4-6-15(14)18)10-19-8-7-17(11-19)12-21(20)13-17/h3-6H,7-13H2,1-2H3. The second-order valence-corrected chi connectivity index (χ2v) is 9.08. The van der Waals surface area contributed by atoms with Crippen LogP contribution < -0.4 is 0 Å². The Morgan fingerprint density at radius 1 is 1.33 bits per heavy atom. The van der Waals surface area contributed by atoms with Crippen LogP contribution in [0.25, 0.3) is 0 Å². The predicted molar refractivity (Wildman–Crippen MR) is 85.3 cm³/mol. The number of hydrogen-bond donors (Lipinski definition) is 0. The Kier molecular flexibility index (Phi) is 3.95. The fourth-order valence-corrected chi connectivity index (χ4v) is 5.61. The first kappa shape index (κ1) is 15.2. The van der Waals surface area contributed by atoms with Gasteiger partial charge < -0.3 is 4.90 Å². The number of hydrogen-bond acceptors (Lipinski definition) is 2. The van der Waals surface area contributed by atoms with E-state index in [9.17, 15) is 8.60 Å². The molecule has 2 heterocycles. The van der Waals surface area contributed by atoms with E-state index in [1.54, 1.807) is 12.1 Å². The van der Waals surface area contributed by atoms with Crippen molar-refractivity contribution in [2.45, 2.75) is 26.7 Å². The van der Waals surface area contributed by atoms with Gasteiger partial charge in [0.25, 0.3) is 0 Å². The molecule has 0 bridgehead atoms. The van der Waals surface area contributed by atoms with Gasteiger partial charge >= 0.3 is 0 Å². The summed E-state index contributed by atoms with van der Waals surface area (Å²) in [5, 5.41) is 0. The summed E-state index contributed by atoms with van der Waals surface area (Å²) < 4.78 is 25.2. The van der Waals surface area contributed by atoms with E-state index in [0.29, 0.717) is 5.41 Å². The minimum absolute atomic E-state index is 0.0522. The van der Waals surface area contributed by atoms with Gasteiger partial charge in [0, 0.05) is 40.8 Å². The van der Waals surface area contributed by atoms with Crippen molar-refractivity contribution in [3.63, 3.8) is 0 Å². The topological polar surface area (TPSA) is 20.3 Å². The first-order chi connectivity index (χ1) is 9.88. The average molecular weight is 309 g/mol. The highest BCUT2D eigenvalue weighted by Gasteiger charge is 2.47. The fourth-order valence-electron chi connectivity index (χ4n) is 3.86. The van der Waals surface area contributed by atoms with Gasteiger partial charge in [0.2, 0.25) is 0 Å². The Morgan fingerprint density at radius 3 is 2.71 bits per heavy atom. The van der Waals surface area contributed by atoms with Gasteiger partial charge in [0.1, 0.15) is 5.82 Å². The molecule has 116 valence electrons. The van der Waals surface area contributed by atoms with E-state index in [0.717, 1.165) is 43.1 Å². The van der Waals surface area contributed by atoms with Gasteiger partial charge in [-0.1, -0.05) is 32.0 Å². The lowest BCUT2D eigenvalue weighted by Gasteiger charge is -2.38. The molecule has 2 aliphatic heterocycles. The van der Waals surface area contributed by atoms with Crippen LogP contribution in [0.15, 0.2) is 24.3 Å². The second-order valence-electron chi connectivity index (χ2n) is 7.62. The van der Waals surface area contributed by atoms with Crippen molar-refractivity contribution < 1.29 is 8.60 Å². The van der Waals surface area contributed by atoms with Crippen LogP contribution in [0.3, 0.4) is 0 Å². The zero-order valence-electron chi connectivity index (χ0n) is 12.9. The molecular weight excluding hydrogens is 285 g/mol. The number of nitrogens with zero attached hydrogens (tertiary/aromatic N) is 1. The van der Waals surface area contributed by atoms with Crippen molar-refractivity contribution in [2.75, 3.05) is 31.1 Å². The van der Waals surface area contributed by atoms with Gasteiger partial charge in [0.15, 0.2) is 0 Å². The van der Waals surface area contributed by atoms with Crippen LogP contribution in [0.4, 0.5) is 4.39 Å². The molecule has 2 nitrogen and oxygen atoms in total. The Labute approximate surface area is 129 Å². The van der Waals surface area contributed by atoms with E-state index < -0.39 is 10.8 Å². The van der Waals surface area contributed by atoms with Crippen LogP contribution >= 0.6 is 0 Å². The number of likely N-dealkylation sites (tertiary alicyclic amines) is 1. The molecule has 0 radical (unpaired) electrons. The molecule has 0 unspecified atom stereocenters. The van der Waals surface area contributed by atoms with Gasteiger partial charge in [0.05, 0.1) is 0 Å². The van der Waals surface area contributed by atoms with E-state index >= 15 is 0 Å². The lowest BCUT2D eigenvalue weighted by molar-refractivity contribution is 0.190. The summed E-state index contributed by atoms with van der Waals surface area (Å²) in [4.78, 5) is 2.48. The smallest absolute Gasteiger partial charge is 0.126 e. The average Bonchev–Trinajstić information content (AvgIpc) is 2.74. The maximum absolute atomic E-state index is 13.8.